The van der Waals surface area contributed by atoms with Crippen LogP contribution in [0.1, 0.15) is 33.6 Å². The zero-order chi connectivity index (χ0) is 32.7. The molecule has 0 aliphatic carbocycles. The Morgan fingerprint density at radius 2 is 1.35 bits per heavy atom. The van der Waals surface area contributed by atoms with Crippen LogP contribution in [0, 0.1) is 53.7 Å². The molecule has 239 valence electrons. The summed E-state index contributed by atoms with van der Waals surface area (Å²) >= 11 is 0. The van der Waals surface area contributed by atoms with Crippen molar-refractivity contribution in [3.8, 4) is 33.6 Å². The first kappa shape index (κ1) is 32.9. The second-order valence-corrected chi connectivity index (χ2v) is 12.2. The fourth-order valence-corrected chi connectivity index (χ4v) is 5.81. The third-order valence-corrected chi connectivity index (χ3v) is 8.42. The van der Waals surface area contributed by atoms with Gasteiger partial charge in [-0.2, -0.15) is 0 Å². The van der Waals surface area contributed by atoms with E-state index >= 15 is 0 Å². The molecule has 48 heavy (non-hydrogen) atoms. The van der Waals surface area contributed by atoms with Crippen LogP contribution in [0.3, 0.4) is 0 Å². The summed E-state index contributed by atoms with van der Waals surface area (Å²) in [6.45, 7) is 12.3. The summed E-state index contributed by atoms with van der Waals surface area (Å²) in [5.74, 6) is 0. The van der Waals surface area contributed by atoms with Gasteiger partial charge < -0.3 is 14.4 Å². The Hall–Kier alpha value is -5.03. The van der Waals surface area contributed by atoms with Crippen LogP contribution in [0.15, 0.2) is 102 Å². The van der Waals surface area contributed by atoms with Gasteiger partial charge in [0.25, 0.3) is 0 Å². The van der Waals surface area contributed by atoms with E-state index in [0.29, 0.717) is 5.71 Å². The van der Waals surface area contributed by atoms with Crippen LogP contribution in [-0.4, -0.2) is 19.9 Å². The molecule has 5 nitrogen and oxygen atoms in total. The van der Waals surface area contributed by atoms with Crippen LogP contribution in [0.25, 0.3) is 66.6 Å². The number of furan rings is 1. The minimum absolute atomic E-state index is 0. The van der Waals surface area contributed by atoms with Crippen molar-refractivity contribution in [3.63, 3.8) is 0 Å². The molecular formula is C42H34IrN4O-2. The van der Waals surface area contributed by atoms with E-state index in [1.807, 2.05) is 69.6 Å². The van der Waals surface area contributed by atoms with E-state index in [1.165, 1.54) is 22.3 Å². The fourth-order valence-electron chi connectivity index (χ4n) is 5.81. The molecule has 8 aromatic rings. The van der Waals surface area contributed by atoms with Crippen LogP contribution in [0.5, 0.6) is 0 Å². The van der Waals surface area contributed by atoms with Crippen molar-refractivity contribution < 1.29 is 24.5 Å². The molecule has 0 saturated carbocycles. The summed E-state index contributed by atoms with van der Waals surface area (Å²) in [4.78, 5) is 18.4. The molecule has 0 N–H and O–H groups in total. The number of rotatable bonds is 3. The maximum absolute atomic E-state index is 6.20. The average molecular weight is 803 g/mol. The third kappa shape index (κ3) is 6.55. The van der Waals surface area contributed by atoms with Crippen LogP contribution >= 0.6 is 0 Å². The predicted octanol–water partition coefficient (Wildman–Crippen LogP) is 10.5. The first-order valence-corrected chi connectivity index (χ1v) is 15.7. The zero-order valence-electron chi connectivity index (χ0n) is 27.8. The zero-order valence-corrected chi connectivity index (χ0v) is 30.2. The standard InChI is InChI=1S/C29H22N3O.C13H12N.Ir/c1-16-12-26-20(10-8-18(3)31-26)13-24(16)25-14-27(30-15-17(25)2)23-7-5-6-21-22-11-9-19(4)32-29(22)33-28(21)23;1-10-3-6-12(7-4-10)13-8-5-11(2)9-14-13;/h5-6,8-15H,1-4H3;3-6,8-9H,1-2H3;/q2*-1;. The molecule has 0 aliphatic rings. The van der Waals surface area contributed by atoms with Crippen LogP contribution in [-0.2, 0) is 20.1 Å². The monoisotopic (exact) mass is 803 g/mol. The number of aromatic nitrogens is 4. The van der Waals surface area contributed by atoms with Crippen molar-refractivity contribution in [3.05, 3.63) is 143 Å². The number of nitrogens with zero attached hydrogens (tertiary/aromatic N) is 4. The summed E-state index contributed by atoms with van der Waals surface area (Å²) in [6.07, 6.45) is 3.81. The Morgan fingerprint density at radius 1 is 0.604 bits per heavy atom. The van der Waals surface area contributed by atoms with Crippen molar-refractivity contribution in [2.24, 2.45) is 0 Å². The molecule has 1 radical (unpaired) electrons. The molecule has 0 atom stereocenters. The number of pyridine rings is 4. The van der Waals surface area contributed by atoms with Crippen molar-refractivity contribution in [1.82, 2.24) is 19.9 Å². The summed E-state index contributed by atoms with van der Waals surface area (Å²) < 4.78 is 6.20. The Labute approximate surface area is 294 Å². The van der Waals surface area contributed by atoms with Gasteiger partial charge in [0.05, 0.1) is 11.1 Å². The van der Waals surface area contributed by atoms with Gasteiger partial charge in [0.15, 0.2) is 0 Å². The van der Waals surface area contributed by atoms with Crippen molar-refractivity contribution in [2.75, 3.05) is 0 Å². The third-order valence-electron chi connectivity index (χ3n) is 8.42. The van der Waals surface area contributed by atoms with E-state index in [2.05, 4.69) is 96.4 Å². The van der Waals surface area contributed by atoms with Gasteiger partial charge >= 0.3 is 0 Å². The molecule has 0 bridgehead atoms. The topological polar surface area (TPSA) is 64.7 Å². The van der Waals surface area contributed by atoms with Gasteiger partial charge in [-0.1, -0.05) is 42.1 Å². The molecule has 6 heteroatoms. The van der Waals surface area contributed by atoms with Gasteiger partial charge in [-0.3, -0.25) is 4.98 Å². The van der Waals surface area contributed by atoms with Crippen molar-refractivity contribution in [2.45, 2.75) is 41.5 Å². The van der Waals surface area contributed by atoms with Crippen LogP contribution in [0.2, 0.25) is 0 Å². The predicted molar refractivity (Wildman–Crippen MR) is 191 cm³/mol. The smallest absolute Gasteiger partial charge is 0.216 e. The van der Waals surface area contributed by atoms with E-state index in [-0.39, 0.29) is 20.1 Å². The second-order valence-electron chi connectivity index (χ2n) is 12.2. The normalized spacial score (nSPS) is 11.0. The molecule has 0 saturated heterocycles. The van der Waals surface area contributed by atoms with Crippen LogP contribution < -0.4 is 0 Å². The Bertz CT molecular complexity index is 2370. The molecule has 0 amide bonds. The molecule has 0 fully saturated rings. The average Bonchev–Trinajstić information content (AvgIpc) is 3.44. The Balaban J connectivity index is 0.000000225. The van der Waals surface area contributed by atoms with Gasteiger partial charge in [0, 0.05) is 54.7 Å². The second kappa shape index (κ2) is 13.6. The molecule has 0 spiro atoms. The Kier molecular flexibility index (Phi) is 9.32. The molecule has 5 heterocycles. The van der Waals surface area contributed by atoms with Crippen molar-refractivity contribution in [1.29, 1.82) is 0 Å². The van der Waals surface area contributed by atoms with E-state index in [1.54, 1.807) is 0 Å². The largest absolute Gasteiger partial charge is 0.486 e. The maximum atomic E-state index is 6.20. The SMILES string of the molecule is Cc1c[c-]c(-c2ccc(C)cn2)cc1.Cc1ccc2cc(-c3cc(-c4[c-]ccc5c4oc4nc(C)ccc45)ncc3C)c(C)cc2n1.[Ir]. The summed E-state index contributed by atoms with van der Waals surface area (Å²) in [5.41, 5.74) is 15.1. The number of fused-ring (bicyclic) bond motifs is 4. The van der Waals surface area contributed by atoms with Gasteiger partial charge in [0.2, 0.25) is 5.71 Å². The summed E-state index contributed by atoms with van der Waals surface area (Å²) in [6, 6.07) is 35.5. The van der Waals surface area contributed by atoms with Gasteiger partial charge in [-0.05, 0) is 104 Å². The van der Waals surface area contributed by atoms with Gasteiger partial charge in [-0.25, -0.2) is 4.98 Å². The molecule has 0 aliphatic heterocycles. The maximum Gasteiger partial charge on any atom is 0.216 e. The number of hydrogen-bond donors (Lipinski definition) is 0. The quantitative estimate of drug-likeness (QED) is 0.167. The number of aryl methyl sites for hydroxylation is 6. The van der Waals surface area contributed by atoms with Gasteiger partial charge in [0.1, 0.15) is 0 Å². The van der Waals surface area contributed by atoms with E-state index in [4.69, 9.17) is 9.40 Å². The first-order valence-electron chi connectivity index (χ1n) is 15.7. The van der Waals surface area contributed by atoms with E-state index in [0.717, 1.165) is 72.3 Å². The molecule has 0 unspecified atom stereocenters. The molecule has 5 aromatic heterocycles. The summed E-state index contributed by atoms with van der Waals surface area (Å²) in [5, 5.41) is 3.16. The van der Waals surface area contributed by atoms with Gasteiger partial charge in [-0.15, -0.1) is 53.6 Å². The van der Waals surface area contributed by atoms with Crippen molar-refractivity contribution >= 4 is 33.0 Å². The van der Waals surface area contributed by atoms with E-state index in [9.17, 15) is 0 Å². The first-order chi connectivity index (χ1) is 22.7. The molecule has 3 aromatic carbocycles. The number of benzene rings is 3. The summed E-state index contributed by atoms with van der Waals surface area (Å²) in [7, 11) is 0. The minimum atomic E-state index is 0. The minimum Gasteiger partial charge on any atom is -0.486 e. The Morgan fingerprint density at radius 3 is 2.12 bits per heavy atom. The fraction of sp³-hybridized carbons (Fsp3) is 0.143. The molecular weight excluding hydrogens is 769 g/mol. The number of hydrogen-bond acceptors (Lipinski definition) is 5. The van der Waals surface area contributed by atoms with E-state index < -0.39 is 0 Å². The van der Waals surface area contributed by atoms with Crippen LogP contribution in [0.4, 0.5) is 0 Å². The molecule has 8 rings (SSSR count).